The van der Waals surface area contributed by atoms with Gasteiger partial charge < -0.3 is 4.90 Å². The van der Waals surface area contributed by atoms with Gasteiger partial charge in [0.2, 0.25) is 0 Å². The first-order valence-electron chi connectivity index (χ1n) is 7.28. The van der Waals surface area contributed by atoms with Gasteiger partial charge in [0, 0.05) is 25.2 Å². The van der Waals surface area contributed by atoms with Gasteiger partial charge in [0.25, 0.3) is 5.69 Å². The Morgan fingerprint density at radius 3 is 2.22 bits per heavy atom. The highest BCUT2D eigenvalue weighted by Gasteiger charge is 2.45. The number of nitro groups is 1. The molecule has 0 radical (unpaired) electrons. The largest absolute Gasteiger partial charge is 0.367 e. The van der Waals surface area contributed by atoms with Crippen LogP contribution in [0.25, 0.3) is 0 Å². The molecule has 0 spiro atoms. The van der Waals surface area contributed by atoms with Gasteiger partial charge in [0.15, 0.2) is 9.84 Å². The van der Waals surface area contributed by atoms with Gasteiger partial charge in [-0.25, -0.2) is 8.42 Å². The summed E-state index contributed by atoms with van der Waals surface area (Å²) in [6.07, 6.45) is 0.981. The summed E-state index contributed by atoms with van der Waals surface area (Å²) >= 11 is 12.4. The van der Waals surface area contributed by atoms with Gasteiger partial charge in [-0.2, -0.15) is 0 Å². The minimum Gasteiger partial charge on any atom is -0.367 e. The maximum Gasteiger partial charge on any atom is 0.272 e. The predicted octanol–water partition coefficient (Wildman–Crippen LogP) is 3.70. The van der Waals surface area contributed by atoms with Crippen molar-refractivity contribution in [3.8, 4) is 0 Å². The van der Waals surface area contributed by atoms with Crippen LogP contribution in [0.1, 0.15) is 26.7 Å². The van der Waals surface area contributed by atoms with Crippen LogP contribution in [0.4, 0.5) is 11.4 Å². The maximum atomic E-state index is 12.5. The molecule has 1 aromatic carbocycles. The molecule has 0 atom stereocenters. The van der Waals surface area contributed by atoms with Crippen LogP contribution in [0.2, 0.25) is 10.0 Å². The summed E-state index contributed by atoms with van der Waals surface area (Å²) in [5.74, 6) is 0.0122. The molecule has 0 saturated carbocycles. The zero-order valence-corrected chi connectivity index (χ0v) is 15.2. The van der Waals surface area contributed by atoms with E-state index < -0.39 is 19.5 Å². The fraction of sp³-hybridized carbons (Fsp3) is 0.571. The van der Waals surface area contributed by atoms with E-state index in [2.05, 4.69) is 0 Å². The van der Waals surface area contributed by atoms with E-state index in [1.54, 1.807) is 0 Å². The number of sulfone groups is 1. The van der Waals surface area contributed by atoms with E-state index in [1.807, 2.05) is 18.7 Å². The van der Waals surface area contributed by atoms with Crippen molar-refractivity contribution in [1.29, 1.82) is 0 Å². The zero-order valence-electron chi connectivity index (χ0n) is 12.9. The summed E-state index contributed by atoms with van der Waals surface area (Å²) in [7, 11) is -3.21. The van der Waals surface area contributed by atoms with Crippen LogP contribution in [0, 0.1) is 10.1 Å². The molecule has 0 aromatic heterocycles. The lowest BCUT2D eigenvalue weighted by Crippen LogP contribution is -2.56. The Balaban J connectivity index is 2.46. The van der Waals surface area contributed by atoms with E-state index in [0.717, 1.165) is 0 Å². The Labute approximate surface area is 145 Å². The molecule has 1 aromatic rings. The van der Waals surface area contributed by atoms with Crippen LogP contribution in [0.5, 0.6) is 0 Å². The van der Waals surface area contributed by atoms with E-state index in [9.17, 15) is 18.5 Å². The lowest BCUT2D eigenvalue weighted by Gasteiger charge is -2.42. The van der Waals surface area contributed by atoms with Crippen molar-refractivity contribution < 1.29 is 13.3 Å². The number of nitrogens with zero attached hydrogens (tertiary/aromatic N) is 2. The highest BCUT2D eigenvalue weighted by Crippen LogP contribution is 2.41. The molecule has 0 aliphatic carbocycles. The summed E-state index contributed by atoms with van der Waals surface area (Å²) < 4.78 is 24.1. The molecule has 1 saturated heterocycles. The fourth-order valence-corrected chi connectivity index (χ4v) is 5.88. The highest BCUT2D eigenvalue weighted by molar-refractivity contribution is 7.92. The standard InChI is InChI=1S/C14H18Cl2N2O4S/c1-3-14(4-2)9-17(5-6-23(14,21)22)13-11(15)7-10(18(19)20)8-12(13)16/h7-8H,3-6,9H2,1-2H3. The Morgan fingerprint density at radius 2 is 1.78 bits per heavy atom. The number of nitro benzene ring substituents is 1. The molecule has 0 amide bonds. The second-order valence-electron chi connectivity index (χ2n) is 5.65. The quantitative estimate of drug-likeness (QED) is 0.587. The van der Waals surface area contributed by atoms with E-state index in [1.165, 1.54) is 12.1 Å². The van der Waals surface area contributed by atoms with Crippen molar-refractivity contribution in [2.45, 2.75) is 31.4 Å². The normalized spacial score (nSPS) is 19.6. The van der Waals surface area contributed by atoms with E-state index in [0.29, 0.717) is 18.5 Å². The number of non-ortho nitro benzene ring substituents is 1. The van der Waals surface area contributed by atoms with Crippen LogP contribution < -0.4 is 4.90 Å². The Hall–Kier alpha value is -1.05. The van der Waals surface area contributed by atoms with Crippen LogP contribution in [-0.2, 0) is 9.84 Å². The van der Waals surface area contributed by atoms with Gasteiger partial charge in [-0.15, -0.1) is 0 Å². The van der Waals surface area contributed by atoms with E-state index in [4.69, 9.17) is 23.2 Å². The molecule has 2 rings (SSSR count). The summed E-state index contributed by atoms with van der Waals surface area (Å²) in [5, 5.41) is 11.2. The molecule has 6 nitrogen and oxygen atoms in total. The number of rotatable bonds is 4. The van der Waals surface area contributed by atoms with E-state index >= 15 is 0 Å². The molecular formula is C14H18Cl2N2O4S. The second-order valence-corrected chi connectivity index (χ2v) is 8.96. The number of benzene rings is 1. The van der Waals surface area contributed by atoms with Crippen LogP contribution in [0.15, 0.2) is 12.1 Å². The van der Waals surface area contributed by atoms with Crippen molar-refractivity contribution in [3.05, 3.63) is 32.3 Å². The number of hydrogen-bond donors (Lipinski definition) is 0. The Bertz CT molecular complexity index is 709. The first-order valence-corrected chi connectivity index (χ1v) is 9.69. The number of anilines is 1. The fourth-order valence-electron chi connectivity index (χ4n) is 3.04. The van der Waals surface area contributed by atoms with Crippen molar-refractivity contribution in [1.82, 2.24) is 0 Å². The second kappa shape index (κ2) is 6.45. The van der Waals surface area contributed by atoms with Gasteiger partial charge in [-0.05, 0) is 12.8 Å². The molecule has 0 bridgehead atoms. The van der Waals surface area contributed by atoms with Crippen LogP contribution >= 0.6 is 23.2 Å². The highest BCUT2D eigenvalue weighted by atomic mass is 35.5. The summed E-state index contributed by atoms with van der Waals surface area (Å²) in [4.78, 5) is 12.1. The van der Waals surface area contributed by atoms with Gasteiger partial charge >= 0.3 is 0 Å². The summed E-state index contributed by atoms with van der Waals surface area (Å²) in [5.41, 5.74) is 0.269. The van der Waals surface area contributed by atoms with Gasteiger partial charge in [0.05, 0.1) is 31.2 Å². The monoisotopic (exact) mass is 380 g/mol. The molecule has 9 heteroatoms. The minimum atomic E-state index is -3.21. The van der Waals surface area contributed by atoms with Crippen LogP contribution in [-0.4, -0.2) is 36.9 Å². The third-order valence-corrected chi connectivity index (χ3v) is 7.91. The first kappa shape index (κ1) is 18.3. The Kier molecular flexibility index (Phi) is 5.13. The van der Waals surface area contributed by atoms with Crippen molar-refractivity contribution in [2.75, 3.05) is 23.7 Å². The third-order valence-electron chi connectivity index (χ3n) is 4.59. The average molecular weight is 381 g/mol. The van der Waals surface area contributed by atoms with E-state index in [-0.39, 0.29) is 34.6 Å². The van der Waals surface area contributed by atoms with Gasteiger partial charge in [-0.1, -0.05) is 37.0 Å². The van der Waals surface area contributed by atoms with Gasteiger partial charge in [0.1, 0.15) is 0 Å². The predicted molar refractivity (Wildman–Crippen MR) is 92.4 cm³/mol. The molecule has 128 valence electrons. The van der Waals surface area contributed by atoms with Crippen molar-refractivity contribution in [2.24, 2.45) is 0 Å². The zero-order chi connectivity index (χ0) is 17.4. The molecular weight excluding hydrogens is 363 g/mol. The molecule has 1 heterocycles. The smallest absolute Gasteiger partial charge is 0.272 e. The lowest BCUT2D eigenvalue weighted by molar-refractivity contribution is -0.384. The number of hydrogen-bond acceptors (Lipinski definition) is 5. The topological polar surface area (TPSA) is 80.5 Å². The van der Waals surface area contributed by atoms with Crippen molar-refractivity contribution in [3.63, 3.8) is 0 Å². The Morgan fingerprint density at radius 1 is 1.26 bits per heavy atom. The van der Waals surface area contributed by atoms with Crippen molar-refractivity contribution >= 4 is 44.4 Å². The SMILES string of the molecule is CCC1(CC)CN(c2c(Cl)cc([N+](=O)[O-])cc2Cl)CCS1(=O)=O. The third kappa shape index (κ3) is 3.14. The molecule has 1 aliphatic heterocycles. The molecule has 1 fully saturated rings. The molecule has 0 N–H and O–H groups in total. The van der Waals surface area contributed by atoms with Gasteiger partial charge in [-0.3, -0.25) is 10.1 Å². The lowest BCUT2D eigenvalue weighted by atomic mass is 10.0. The first-order chi connectivity index (χ1) is 10.7. The molecule has 0 unspecified atom stereocenters. The summed E-state index contributed by atoms with van der Waals surface area (Å²) in [6, 6.07) is 2.48. The number of halogens is 2. The maximum absolute atomic E-state index is 12.5. The van der Waals surface area contributed by atoms with Crippen LogP contribution in [0.3, 0.4) is 0 Å². The summed E-state index contributed by atoms with van der Waals surface area (Å²) in [6.45, 7) is 4.24. The average Bonchev–Trinajstić information content (AvgIpc) is 2.47. The minimum absolute atomic E-state index is 0.0122. The molecule has 23 heavy (non-hydrogen) atoms. The molecule has 1 aliphatic rings.